The van der Waals surface area contributed by atoms with Crippen LogP contribution in [0.25, 0.3) is 0 Å². The number of alkyl halides is 3. The van der Waals surface area contributed by atoms with E-state index in [0.29, 0.717) is 55.4 Å². The van der Waals surface area contributed by atoms with Crippen molar-refractivity contribution >= 4 is 17.6 Å². The molecule has 1 N–H and O–H groups in total. The number of rotatable bonds is 13. The molecule has 8 heteroatoms. The fourth-order valence-electron chi connectivity index (χ4n) is 4.76. The predicted molar refractivity (Wildman–Crippen MR) is 148 cm³/mol. The molecule has 3 rings (SSSR count). The van der Waals surface area contributed by atoms with Crippen LogP contribution in [-0.4, -0.2) is 35.7 Å². The second-order valence-corrected chi connectivity index (χ2v) is 10.6. The van der Waals surface area contributed by atoms with Gasteiger partial charge in [0, 0.05) is 32.1 Å². The summed E-state index contributed by atoms with van der Waals surface area (Å²) in [5.74, 6) is 0.317. The van der Waals surface area contributed by atoms with Crippen LogP contribution in [0.5, 0.6) is 0 Å². The summed E-state index contributed by atoms with van der Waals surface area (Å²) in [7, 11) is 0. The lowest BCUT2D eigenvalue weighted by Crippen LogP contribution is -2.31. The number of ether oxygens (including phenoxy) is 1. The molecule has 0 aliphatic heterocycles. The summed E-state index contributed by atoms with van der Waals surface area (Å²) in [6, 6.07) is 14.2. The van der Waals surface area contributed by atoms with Crippen molar-refractivity contribution in [2.45, 2.75) is 51.7 Å². The van der Waals surface area contributed by atoms with E-state index in [1.54, 1.807) is 18.2 Å². The van der Waals surface area contributed by atoms with Gasteiger partial charge in [0.25, 0.3) is 0 Å². The summed E-state index contributed by atoms with van der Waals surface area (Å²) in [6.07, 6.45) is 3.91. The first kappa shape index (κ1) is 30.5. The highest BCUT2D eigenvalue weighted by atomic mass is 35.5. The van der Waals surface area contributed by atoms with E-state index >= 15 is 0 Å². The van der Waals surface area contributed by atoms with Crippen molar-refractivity contribution in [2.24, 2.45) is 5.92 Å². The minimum absolute atomic E-state index is 0.201. The third-order valence-corrected chi connectivity index (χ3v) is 6.92. The molecule has 39 heavy (non-hydrogen) atoms. The molecule has 0 unspecified atom stereocenters. The minimum Gasteiger partial charge on any atom is -0.498 e. The molecule has 0 saturated carbocycles. The summed E-state index contributed by atoms with van der Waals surface area (Å²) in [5, 5.41) is 8.73. The number of benzene rings is 2. The molecule has 1 atom stereocenters. The van der Waals surface area contributed by atoms with Gasteiger partial charge in [0.2, 0.25) is 0 Å². The fourth-order valence-corrected chi connectivity index (χ4v) is 5.06. The smallest absolute Gasteiger partial charge is 0.417 e. The topological polar surface area (TPSA) is 49.8 Å². The summed E-state index contributed by atoms with van der Waals surface area (Å²) >= 11 is 6.26. The van der Waals surface area contributed by atoms with Crippen molar-refractivity contribution in [3.63, 3.8) is 0 Å². The Labute approximate surface area is 233 Å². The first-order valence-corrected chi connectivity index (χ1v) is 13.5. The molecule has 0 amide bonds. The second-order valence-electron chi connectivity index (χ2n) is 10.2. The first-order chi connectivity index (χ1) is 18.5. The molecule has 0 radical (unpaired) electrons. The standard InChI is InChI=1S/C31H35ClF3NO3/c1-22(2)17-26(24-10-4-3-5-11-24)21-36(20-25-12-7-14-28(30(25)32)31(33,34)35)15-8-16-39-27-13-6-9-23(18-27)19-29(37)38/h3-7,9-14,19,22,26H,8,15-18,20-21H2,1-2H3,(H,37,38)/b23-19+/t26-/m0/s1. The van der Waals surface area contributed by atoms with Gasteiger partial charge in [0.05, 0.1) is 17.2 Å². The minimum atomic E-state index is -4.52. The van der Waals surface area contributed by atoms with E-state index in [1.807, 2.05) is 24.3 Å². The number of halogens is 4. The highest BCUT2D eigenvalue weighted by molar-refractivity contribution is 6.32. The second kappa shape index (κ2) is 14.4. The molecule has 0 aromatic heterocycles. The Morgan fingerprint density at radius 3 is 2.56 bits per heavy atom. The van der Waals surface area contributed by atoms with Crippen LogP contribution in [0.2, 0.25) is 5.02 Å². The van der Waals surface area contributed by atoms with Gasteiger partial charge in [0.1, 0.15) is 5.76 Å². The number of hydrogen-bond acceptors (Lipinski definition) is 3. The number of aliphatic carboxylic acids is 1. The Kier molecular flexibility index (Phi) is 11.3. The Morgan fingerprint density at radius 2 is 1.90 bits per heavy atom. The van der Waals surface area contributed by atoms with Gasteiger partial charge < -0.3 is 9.84 Å². The third kappa shape index (κ3) is 9.90. The predicted octanol–water partition coefficient (Wildman–Crippen LogP) is 8.25. The molecule has 4 nitrogen and oxygen atoms in total. The van der Waals surface area contributed by atoms with Crippen LogP contribution in [0.4, 0.5) is 13.2 Å². The van der Waals surface area contributed by atoms with Crippen molar-refractivity contribution in [2.75, 3.05) is 19.7 Å². The van der Waals surface area contributed by atoms with E-state index < -0.39 is 17.7 Å². The highest BCUT2D eigenvalue weighted by Crippen LogP contribution is 2.37. The van der Waals surface area contributed by atoms with Crippen molar-refractivity contribution < 1.29 is 27.8 Å². The maximum absolute atomic E-state index is 13.5. The molecule has 210 valence electrons. The van der Waals surface area contributed by atoms with Gasteiger partial charge in [-0.3, -0.25) is 4.90 Å². The van der Waals surface area contributed by atoms with Crippen molar-refractivity contribution in [1.82, 2.24) is 4.90 Å². The van der Waals surface area contributed by atoms with Crippen molar-refractivity contribution in [3.8, 4) is 0 Å². The molecule has 2 aromatic rings. The number of carbonyl (C=O) groups is 1. The Bertz CT molecular complexity index is 1190. The van der Waals surface area contributed by atoms with Crippen molar-refractivity contribution in [1.29, 1.82) is 0 Å². The van der Waals surface area contributed by atoms with Crippen LogP contribution >= 0.6 is 11.6 Å². The van der Waals surface area contributed by atoms with E-state index in [4.69, 9.17) is 21.4 Å². The zero-order valence-corrected chi connectivity index (χ0v) is 23.0. The highest BCUT2D eigenvalue weighted by Gasteiger charge is 2.34. The largest absolute Gasteiger partial charge is 0.498 e. The number of carboxylic acid groups (broad SMARTS) is 1. The lowest BCUT2D eigenvalue weighted by atomic mass is 9.89. The van der Waals surface area contributed by atoms with Crippen molar-refractivity contribution in [3.05, 3.63) is 106 Å². The van der Waals surface area contributed by atoms with Crippen LogP contribution < -0.4 is 0 Å². The van der Waals surface area contributed by atoms with Crippen LogP contribution in [0.15, 0.2) is 84.2 Å². The molecule has 0 heterocycles. The summed E-state index contributed by atoms with van der Waals surface area (Å²) in [6.45, 7) is 6.25. The number of carboxylic acids is 1. The number of hydrogen-bond donors (Lipinski definition) is 1. The van der Waals surface area contributed by atoms with E-state index in [9.17, 15) is 18.0 Å². The van der Waals surface area contributed by atoms with Crippen LogP contribution in [0.3, 0.4) is 0 Å². The summed E-state index contributed by atoms with van der Waals surface area (Å²) < 4.78 is 46.4. The van der Waals surface area contributed by atoms with Gasteiger partial charge in [-0.15, -0.1) is 0 Å². The van der Waals surface area contributed by atoms with Crippen LogP contribution in [-0.2, 0) is 22.3 Å². The van der Waals surface area contributed by atoms with Gasteiger partial charge >= 0.3 is 12.1 Å². The molecular formula is C31H35ClF3NO3. The Morgan fingerprint density at radius 1 is 1.15 bits per heavy atom. The SMILES string of the molecule is CC(C)C[C@@H](CN(CCCOC1=CC=C/C(=C\C(=O)O)C1)Cc1cccc(C(F)(F)F)c1Cl)c1ccccc1. The van der Waals surface area contributed by atoms with E-state index in [0.717, 1.165) is 18.6 Å². The van der Waals surface area contributed by atoms with E-state index in [-0.39, 0.29) is 17.5 Å². The van der Waals surface area contributed by atoms with E-state index in [2.05, 4.69) is 30.9 Å². The van der Waals surface area contributed by atoms with Gasteiger partial charge in [-0.05, 0) is 53.5 Å². The molecule has 0 fully saturated rings. The van der Waals surface area contributed by atoms with Crippen LogP contribution in [0.1, 0.15) is 55.7 Å². The molecular weight excluding hydrogens is 527 g/mol. The average molecular weight is 562 g/mol. The van der Waals surface area contributed by atoms with E-state index in [1.165, 1.54) is 11.6 Å². The molecule has 0 spiro atoms. The zero-order valence-electron chi connectivity index (χ0n) is 22.3. The molecule has 2 aromatic carbocycles. The number of nitrogens with zero attached hydrogens (tertiary/aromatic N) is 1. The quantitative estimate of drug-likeness (QED) is 0.197. The Balaban J connectivity index is 1.74. The van der Waals surface area contributed by atoms with Gasteiger partial charge in [-0.1, -0.05) is 80.1 Å². The maximum atomic E-state index is 13.5. The average Bonchev–Trinajstić information content (AvgIpc) is 2.86. The fraction of sp³-hybridized carbons (Fsp3) is 0.387. The monoisotopic (exact) mass is 561 g/mol. The number of allylic oxidation sites excluding steroid dienone is 4. The van der Waals surface area contributed by atoms with Crippen LogP contribution in [0, 0.1) is 5.92 Å². The van der Waals surface area contributed by atoms with Gasteiger partial charge in [0.15, 0.2) is 0 Å². The molecule has 1 aliphatic carbocycles. The summed E-state index contributed by atoms with van der Waals surface area (Å²) in [4.78, 5) is 13.1. The third-order valence-electron chi connectivity index (χ3n) is 6.47. The molecule has 1 aliphatic rings. The van der Waals surface area contributed by atoms with Gasteiger partial charge in [-0.25, -0.2) is 4.79 Å². The lowest BCUT2D eigenvalue weighted by Gasteiger charge is -2.30. The normalized spacial score (nSPS) is 15.6. The first-order valence-electron chi connectivity index (χ1n) is 13.1. The maximum Gasteiger partial charge on any atom is 0.417 e. The molecule has 0 bridgehead atoms. The van der Waals surface area contributed by atoms with Gasteiger partial charge in [-0.2, -0.15) is 13.2 Å². The molecule has 0 saturated heterocycles. The zero-order chi connectivity index (χ0) is 28.4. The summed E-state index contributed by atoms with van der Waals surface area (Å²) in [5.41, 5.74) is 1.46. The Hall–Kier alpha value is -3.03. The lowest BCUT2D eigenvalue weighted by molar-refractivity contribution is -0.137.